The van der Waals surface area contributed by atoms with Crippen LogP contribution in [0.4, 0.5) is 0 Å². The van der Waals surface area contributed by atoms with Crippen molar-refractivity contribution >= 4 is 33.2 Å². The lowest BCUT2D eigenvalue weighted by Crippen LogP contribution is -2.44. The van der Waals surface area contributed by atoms with E-state index in [1.807, 2.05) is 16.2 Å². The average Bonchev–Trinajstić information content (AvgIpc) is 3.13. The highest BCUT2D eigenvalue weighted by molar-refractivity contribution is 7.91. The summed E-state index contributed by atoms with van der Waals surface area (Å²) in [6.45, 7) is 0.480. The Kier molecular flexibility index (Phi) is 4.43. The first kappa shape index (κ1) is 16.4. The maximum Gasteiger partial charge on any atom is 0.324 e. The molecule has 1 saturated carbocycles. The molecule has 2 unspecified atom stereocenters. The molecule has 2 N–H and O–H groups in total. The van der Waals surface area contributed by atoms with Gasteiger partial charge in [0.25, 0.3) is 0 Å². The van der Waals surface area contributed by atoms with Crippen LogP contribution in [0, 0.1) is 5.92 Å². The molecule has 3 rings (SSSR count). The zero-order valence-electron chi connectivity index (χ0n) is 12.2. The highest BCUT2D eigenvalue weighted by Gasteiger charge is 2.46. The van der Waals surface area contributed by atoms with Gasteiger partial charge in [-0.05, 0) is 42.2 Å². The number of carbonyl (C=O) groups is 2. The summed E-state index contributed by atoms with van der Waals surface area (Å²) in [4.78, 5) is 24.2. The van der Waals surface area contributed by atoms with Gasteiger partial charge < -0.3 is 9.84 Å². The number of aliphatic carboxylic acids is 1. The predicted molar refractivity (Wildman–Crippen MR) is 82.5 cm³/mol. The number of ether oxygens (including phenoxy) is 1. The van der Waals surface area contributed by atoms with Crippen LogP contribution in [0.15, 0.2) is 11.4 Å². The fourth-order valence-corrected chi connectivity index (χ4v) is 5.37. The van der Waals surface area contributed by atoms with Crippen molar-refractivity contribution in [2.24, 2.45) is 5.92 Å². The van der Waals surface area contributed by atoms with Crippen LogP contribution in [-0.4, -0.2) is 37.3 Å². The van der Waals surface area contributed by atoms with Gasteiger partial charge in [-0.3, -0.25) is 14.3 Å². The molecular formula is C14H17NO6S2. The van der Waals surface area contributed by atoms with Crippen molar-refractivity contribution in [3.05, 3.63) is 21.9 Å². The molecule has 0 spiro atoms. The molecule has 0 saturated heterocycles. The van der Waals surface area contributed by atoms with Crippen LogP contribution >= 0.6 is 11.3 Å². The fourth-order valence-electron chi connectivity index (χ4n) is 2.79. The van der Waals surface area contributed by atoms with Crippen molar-refractivity contribution < 1.29 is 27.9 Å². The lowest BCUT2D eigenvalue weighted by atomic mass is 10.1. The van der Waals surface area contributed by atoms with E-state index >= 15 is 0 Å². The third-order valence-electron chi connectivity index (χ3n) is 4.02. The second kappa shape index (κ2) is 6.21. The minimum atomic E-state index is -4.22. The summed E-state index contributed by atoms with van der Waals surface area (Å²) in [6.07, 6.45) is 1.27. The van der Waals surface area contributed by atoms with Gasteiger partial charge in [-0.15, -0.1) is 11.3 Å². The van der Waals surface area contributed by atoms with Gasteiger partial charge in [-0.2, -0.15) is 0 Å². The molecule has 1 fully saturated rings. The molecular weight excluding hydrogens is 342 g/mol. The number of amides is 1. The second-order valence-electron chi connectivity index (χ2n) is 5.79. The molecule has 1 amide bonds. The lowest BCUT2D eigenvalue weighted by molar-refractivity contribution is -0.136. The second-order valence-corrected chi connectivity index (χ2v) is 8.54. The zero-order valence-corrected chi connectivity index (χ0v) is 13.9. The van der Waals surface area contributed by atoms with Crippen LogP contribution in [0.25, 0.3) is 0 Å². The Balaban J connectivity index is 1.67. The first-order valence-corrected chi connectivity index (χ1v) is 9.76. The van der Waals surface area contributed by atoms with Crippen LogP contribution in [0.2, 0.25) is 0 Å². The van der Waals surface area contributed by atoms with Crippen molar-refractivity contribution in [2.75, 3.05) is 6.61 Å². The minimum Gasteiger partial charge on any atom is -0.480 e. The van der Waals surface area contributed by atoms with Crippen molar-refractivity contribution in [1.29, 1.82) is 0 Å². The molecule has 1 aliphatic heterocycles. The van der Waals surface area contributed by atoms with Gasteiger partial charge in [0.1, 0.15) is 6.10 Å². The number of rotatable bonds is 6. The zero-order chi connectivity index (χ0) is 16.6. The molecule has 2 heterocycles. The van der Waals surface area contributed by atoms with E-state index in [0.717, 1.165) is 16.9 Å². The maximum atomic E-state index is 12.2. The Labute approximate surface area is 137 Å². The van der Waals surface area contributed by atoms with E-state index in [1.165, 1.54) is 11.3 Å². The molecule has 0 bridgehead atoms. The first-order valence-electron chi connectivity index (χ1n) is 7.33. The van der Waals surface area contributed by atoms with Crippen LogP contribution in [0.3, 0.4) is 0 Å². The molecule has 1 aromatic rings. The van der Waals surface area contributed by atoms with E-state index in [-0.39, 0.29) is 6.42 Å². The Hall–Kier alpha value is -1.45. The van der Waals surface area contributed by atoms with E-state index in [0.29, 0.717) is 19.4 Å². The van der Waals surface area contributed by atoms with Gasteiger partial charge in [0, 0.05) is 4.88 Å². The SMILES string of the molecule is O=C(CC1OCCc2ccsc21)NS(=O)(=O)C(C(=O)O)C1CC1. The molecule has 2 atom stereocenters. The summed E-state index contributed by atoms with van der Waals surface area (Å²) < 4.78 is 31.8. The van der Waals surface area contributed by atoms with E-state index in [4.69, 9.17) is 9.84 Å². The molecule has 23 heavy (non-hydrogen) atoms. The number of carboxylic acids is 1. The van der Waals surface area contributed by atoms with E-state index in [2.05, 4.69) is 0 Å². The van der Waals surface area contributed by atoms with Crippen molar-refractivity contribution in [2.45, 2.75) is 37.0 Å². The summed E-state index contributed by atoms with van der Waals surface area (Å²) in [5.74, 6) is -2.56. The van der Waals surface area contributed by atoms with Gasteiger partial charge >= 0.3 is 5.97 Å². The largest absolute Gasteiger partial charge is 0.480 e. The van der Waals surface area contributed by atoms with Gasteiger partial charge in [-0.1, -0.05) is 0 Å². The molecule has 0 radical (unpaired) electrons. The predicted octanol–water partition coefficient (Wildman–Crippen LogP) is 1.06. The normalized spacial score (nSPS) is 22.2. The van der Waals surface area contributed by atoms with E-state index in [9.17, 15) is 18.0 Å². The maximum absolute atomic E-state index is 12.2. The van der Waals surface area contributed by atoms with Crippen molar-refractivity contribution in [3.63, 3.8) is 0 Å². The Morgan fingerprint density at radius 3 is 2.83 bits per heavy atom. The summed E-state index contributed by atoms with van der Waals surface area (Å²) in [7, 11) is -4.22. The fraction of sp³-hybridized carbons (Fsp3) is 0.571. The Bertz CT molecular complexity index is 721. The number of thiophene rings is 1. The quantitative estimate of drug-likeness (QED) is 0.786. The number of nitrogens with one attached hydrogen (secondary N) is 1. The molecule has 7 nitrogen and oxygen atoms in total. The van der Waals surface area contributed by atoms with Gasteiger partial charge in [0.15, 0.2) is 5.25 Å². The minimum absolute atomic E-state index is 0.135. The summed E-state index contributed by atoms with van der Waals surface area (Å²) >= 11 is 1.47. The number of sulfonamides is 1. The topological polar surface area (TPSA) is 110 Å². The number of carboxylic acid groups (broad SMARTS) is 1. The van der Waals surface area contributed by atoms with Crippen molar-refractivity contribution in [1.82, 2.24) is 4.72 Å². The van der Waals surface area contributed by atoms with Gasteiger partial charge in [0.05, 0.1) is 13.0 Å². The molecule has 1 aliphatic carbocycles. The van der Waals surface area contributed by atoms with E-state index < -0.39 is 39.2 Å². The number of carbonyl (C=O) groups excluding carboxylic acids is 1. The molecule has 2 aliphatic rings. The smallest absolute Gasteiger partial charge is 0.324 e. The molecule has 9 heteroatoms. The van der Waals surface area contributed by atoms with Crippen LogP contribution in [0.5, 0.6) is 0 Å². The van der Waals surface area contributed by atoms with E-state index in [1.54, 1.807) is 0 Å². The number of hydrogen-bond donors (Lipinski definition) is 2. The molecule has 126 valence electrons. The summed E-state index contributed by atoms with van der Waals surface area (Å²) in [6, 6.07) is 1.97. The highest BCUT2D eigenvalue weighted by atomic mass is 32.2. The molecule has 1 aromatic heterocycles. The van der Waals surface area contributed by atoms with Crippen molar-refractivity contribution in [3.8, 4) is 0 Å². The monoisotopic (exact) mass is 359 g/mol. The highest BCUT2D eigenvalue weighted by Crippen LogP contribution is 2.37. The first-order chi connectivity index (χ1) is 10.9. The average molecular weight is 359 g/mol. The molecule has 0 aromatic carbocycles. The van der Waals surface area contributed by atoms with Crippen LogP contribution in [-0.2, 0) is 30.8 Å². The Morgan fingerprint density at radius 2 is 2.17 bits per heavy atom. The van der Waals surface area contributed by atoms with Crippen LogP contribution in [0.1, 0.15) is 35.8 Å². The summed E-state index contributed by atoms with van der Waals surface area (Å²) in [5.41, 5.74) is 1.11. The number of fused-ring (bicyclic) bond motifs is 1. The standard InChI is InChI=1S/C14H17NO6S2/c16-11(7-10-12-8(3-5-21-10)4-6-22-12)15-23(19,20)13(14(17)18)9-1-2-9/h4,6,9-10,13H,1-3,5,7H2,(H,15,16)(H,17,18). The Morgan fingerprint density at radius 1 is 1.43 bits per heavy atom. The lowest BCUT2D eigenvalue weighted by Gasteiger charge is -2.23. The van der Waals surface area contributed by atoms with Crippen LogP contribution < -0.4 is 4.72 Å². The third-order valence-corrected chi connectivity index (χ3v) is 6.84. The summed E-state index contributed by atoms with van der Waals surface area (Å²) in [5, 5.41) is 9.45. The number of hydrogen-bond acceptors (Lipinski definition) is 6. The van der Waals surface area contributed by atoms with Gasteiger partial charge in [0.2, 0.25) is 15.9 Å². The third kappa shape index (κ3) is 3.56. The van der Waals surface area contributed by atoms with Gasteiger partial charge in [-0.25, -0.2) is 8.42 Å².